The second kappa shape index (κ2) is 9.56. The highest BCUT2D eigenvalue weighted by Gasteiger charge is 2.10. The third kappa shape index (κ3) is 5.70. The van der Waals surface area contributed by atoms with Crippen LogP contribution in [-0.4, -0.2) is 12.1 Å². The minimum absolute atomic E-state index is 0.302. The number of amides is 1. The molecule has 0 aliphatic carbocycles. The molecule has 0 aromatic heterocycles. The van der Waals surface area contributed by atoms with Crippen LogP contribution >= 0.6 is 34.8 Å². The van der Waals surface area contributed by atoms with Gasteiger partial charge in [0.25, 0.3) is 5.91 Å². The Kier molecular flexibility index (Phi) is 6.88. The van der Waals surface area contributed by atoms with Crippen LogP contribution in [0.25, 0.3) is 6.08 Å². The number of hydrogen-bond acceptors (Lipinski definition) is 2. The van der Waals surface area contributed by atoms with Crippen LogP contribution < -0.4 is 5.32 Å². The normalized spacial score (nSPS) is 11.2. The van der Waals surface area contributed by atoms with E-state index in [0.717, 1.165) is 11.3 Å². The Balaban J connectivity index is 1.60. The second-order valence-corrected chi connectivity index (χ2v) is 7.09. The predicted molar refractivity (Wildman–Crippen MR) is 119 cm³/mol. The van der Waals surface area contributed by atoms with Crippen molar-refractivity contribution < 1.29 is 4.79 Å². The molecule has 140 valence electrons. The van der Waals surface area contributed by atoms with Gasteiger partial charge in [0, 0.05) is 21.9 Å². The van der Waals surface area contributed by atoms with Crippen molar-refractivity contribution in [3.8, 4) is 0 Å². The first-order chi connectivity index (χ1) is 13.5. The summed E-state index contributed by atoms with van der Waals surface area (Å²) in [4.78, 5) is 16.7. The van der Waals surface area contributed by atoms with E-state index in [4.69, 9.17) is 34.8 Å². The van der Waals surface area contributed by atoms with E-state index >= 15 is 0 Å². The van der Waals surface area contributed by atoms with Crippen LogP contribution in [0.2, 0.25) is 15.1 Å². The zero-order chi connectivity index (χ0) is 19.9. The molecule has 3 rings (SSSR count). The quantitative estimate of drug-likeness (QED) is 0.424. The molecule has 6 heteroatoms. The number of anilines is 1. The van der Waals surface area contributed by atoms with Crippen molar-refractivity contribution in [1.82, 2.24) is 0 Å². The van der Waals surface area contributed by atoms with Crippen LogP contribution in [0.1, 0.15) is 15.9 Å². The molecule has 0 unspecified atom stereocenters. The van der Waals surface area contributed by atoms with Gasteiger partial charge >= 0.3 is 0 Å². The zero-order valence-electron chi connectivity index (χ0n) is 14.6. The van der Waals surface area contributed by atoms with Gasteiger partial charge < -0.3 is 5.32 Å². The molecule has 0 heterocycles. The lowest BCUT2D eigenvalue weighted by atomic mass is 10.2. The first-order valence-corrected chi connectivity index (χ1v) is 9.47. The molecule has 0 bridgehead atoms. The largest absolute Gasteiger partial charge is 0.322 e. The molecule has 28 heavy (non-hydrogen) atoms. The lowest BCUT2D eigenvalue weighted by Crippen LogP contribution is -2.12. The molecule has 0 atom stereocenters. The third-order valence-electron chi connectivity index (χ3n) is 3.77. The van der Waals surface area contributed by atoms with E-state index in [9.17, 15) is 4.79 Å². The van der Waals surface area contributed by atoms with Crippen LogP contribution in [0.5, 0.6) is 0 Å². The van der Waals surface area contributed by atoms with Crippen molar-refractivity contribution in [3.05, 3.63) is 99.0 Å². The van der Waals surface area contributed by atoms with E-state index in [1.165, 1.54) is 6.07 Å². The molecule has 0 saturated heterocycles. The average molecular weight is 430 g/mol. The minimum Gasteiger partial charge on any atom is -0.322 e. The van der Waals surface area contributed by atoms with E-state index < -0.39 is 0 Å². The highest BCUT2D eigenvalue weighted by Crippen LogP contribution is 2.23. The number of nitrogens with zero attached hydrogens (tertiary/aromatic N) is 1. The third-order valence-corrected chi connectivity index (χ3v) is 4.57. The maximum Gasteiger partial charge on any atom is 0.257 e. The lowest BCUT2D eigenvalue weighted by Gasteiger charge is -2.07. The SMILES string of the molecule is O=C(Nc1ccc(N=C/C=C\c2ccc(Cl)cc2)cc1)c1ccc(Cl)cc1Cl. The summed E-state index contributed by atoms with van der Waals surface area (Å²) in [6.45, 7) is 0. The molecular formula is C22H15Cl3N2O. The molecule has 3 aromatic carbocycles. The molecule has 0 saturated carbocycles. The first kappa shape index (κ1) is 20.2. The van der Waals surface area contributed by atoms with Crippen molar-refractivity contribution in [2.75, 3.05) is 5.32 Å². The summed E-state index contributed by atoms with van der Waals surface area (Å²) >= 11 is 17.8. The Morgan fingerprint density at radius 1 is 0.857 bits per heavy atom. The minimum atomic E-state index is -0.302. The number of allylic oxidation sites excluding steroid dienone is 1. The standard InChI is InChI=1S/C22H15Cl3N2O/c23-16-5-3-15(4-6-16)2-1-13-26-18-8-10-19(11-9-18)27-22(28)20-12-7-17(24)14-21(20)25/h1-14H,(H,27,28)/b2-1-,26-13?. The van der Waals surface area contributed by atoms with Crippen molar-refractivity contribution in [3.63, 3.8) is 0 Å². The number of benzene rings is 3. The summed E-state index contributed by atoms with van der Waals surface area (Å²) in [5.74, 6) is -0.302. The van der Waals surface area contributed by atoms with Gasteiger partial charge in [-0.3, -0.25) is 9.79 Å². The fraction of sp³-hybridized carbons (Fsp3) is 0. The maximum atomic E-state index is 12.3. The molecule has 0 aliphatic rings. The van der Waals surface area contributed by atoms with E-state index in [1.807, 2.05) is 48.6 Å². The number of aliphatic imine (C=N–C) groups is 1. The number of rotatable bonds is 5. The molecule has 1 N–H and O–H groups in total. The Hall–Kier alpha value is -2.59. The smallest absolute Gasteiger partial charge is 0.257 e. The number of nitrogens with one attached hydrogen (secondary N) is 1. The fourth-order valence-corrected chi connectivity index (χ4v) is 2.98. The van der Waals surface area contributed by atoms with Crippen LogP contribution in [0.4, 0.5) is 11.4 Å². The lowest BCUT2D eigenvalue weighted by molar-refractivity contribution is 0.102. The van der Waals surface area contributed by atoms with E-state index in [2.05, 4.69) is 10.3 Å². The van der Waals surface area contributed by atoms with Crippen molar-refractivity contribution in [2.45, 2.75) is 0 Å². The van der Waals surface area contributed by atoms with Gasteiger partial charge in [0.1, 0.15) is 0 Å². The topological polar surface area (TPSA) is 41.5 Å². The molecule has 0 fully saturated rings. The number of hydrogen-bond donors (Lipinski definition) is 1. The van der Waals surface area contributed by atoms with Crippen molar-refractivity contribution in [1.29, 1.82) is 0 Å². The maximum absolute atomic E-state index is 12.3. The van der Waals surface area contributed by atoms with Crippen LogP contribution in [0, 0.1) is 0 Å². The molecular weight excluding hydrogens is 415 g/mol. The van der Waals surface area contributed by atoms with Crippen molar-refractivity contribution in [2.24, 2.45) is 4.99 Å². The summed E-state index contributed by atoms with van der Waals surface area (Å²) in [5, 5.41) is 4.29. The summed E-state index contributed by atoms with van der Waals surface area (Å²) in [5.41, 5.74) is 2.81. The van der Waals surface area contributed by atoms with Gasteiger partial charge in [-0.15, -0.1) is 0 Å². The van der Waals surface area contributed by atoms with Gasteiger partial charge in [-0.1, -0.05) is 53.0 Å². The second-order valence-electron chi connectivity index (χ2n) is 5.81. The van der Waals surface area contributed by atoms with Gasteiger partial charge in [-0.25, -0.2) is 0 Å². The van der Waals surface area contributed by atoms with Crippen LogP contribution in [0.15, 0.2) is 77.8 Å². The Labute approximate surface area is 178 Å². The average Bonchev–Trinajstić information content (AvgIpc) is 2.68. The van der Waals surface area contributed by atoms with E-state index in [0.29, 0.717) is 26.3 Å². The molecule has 1 amide bonds. The zero-order valence-corrected chi connectivity index (χ0v) is 16.8. The van der Waals surface area contributed by atoms with Gasteiger partial charge in [-0.2, -0.15) is 0 Å². The van der Waals surface area contributed by atoms with E-state index in [-0.39, 0.29) is 5.91 Å². The van der Waals surface area contributed by atoms with Crippen LogP contribution in [-0.2, 0) is 0 Å². The van der Waals surface area contributed by atoms with Crippen molar-refractivity contribution >= 4 is 64.4 Å². The molecule has 3 aromatic rings. The van der Waals surface area contributed by atoms with Gasteiger partial charge in [0.15, 0.2) is 0 Å². The summed E-state index contributed by atoms with van der Waals surface area (Å²) in [6, 6.07) is 19.4. The highest BCUT2D eigenvalue weighted by molar-refractivity contribution is 6.37. The summed E-state index contributed by atoms with van der Waals surface area (Å²) in [6.07, 6.45) is 5.49. The number of carbonyl (C=O) groups is 1. The molecule has 3 nitrogen and oxygen atoms in total. The van der Waals surface area contributed by atoms with E-state index in [1.54, 1.807) is 30.5 Å². The van der Waals surface area contributed by atoms with Crippen LogP contribution in [0.3, 0.4) is 0 Å². The van der Waals surface area contributed by atoms with Gasteiger partial charge in [0.05, 0.1) is 16.3 Å². The van der Waals surface area contributed by atoms with Gasteiger partial charge in [-0.05, 0) is 66.2 Å². The Morgan fingerprint density at radius 2 is 1.54 bits per heavy atom. The summed E-state index contributed by atoms with van der Waals surface area (Å²) < 4.78 is 0. The predicted octanol–water partition coefficient (Wildman–Crippen LogP) is 7.31. The first-order valence-electron chi connectivity index (χ1n) is 8.34. The fourth-order valence-electron chi connectivity index (χ4n) is 2.36. The Bertz CT molecular complexity index is 1030. The highest BCUT2D eigenvalue weighted by atomic mass is 35.5. The Morgan fingerprint density at radius 3 is 2.21 bits per heavy atom. The molecule has 0 radical (unpaired) electrons. The van der Waals surface area contributed by atoms with Gasteiger partial charge in [0.2, 0.25) is 0 Å². The monoisotopic (exact) mass is 428 g/mol. The number of carbonyl (C=O) groups excluding carboxylic acids is 1. The molecule has 0 aliphatic heterocycles. The molecule has 0 spiro atoms. The number of halogens is 3. The summed E-state index contributed by atoms with van der Waals surface area (Å²) in [7, 11) is 0.